The summed E-state index contributed by atoms with van der Waals surface area (Å²) in [6.45, 7) is 6.71. The lowest BCUT2D eigenvalue weighted by atomic mass is 9.97. The standard InChI is InChI=1S/C11H24N2O/c1-4-6-10(7-5-2)11(14)13-8-9(3)12/h9-10H,4-8,12H2,1-3H3,(H,13,14). The van der Waals surface area contributed by atoms with Gasteiger partial charge in [0.05, 0.1) is 0 Å². The van der Waals surface area contributed by atoms with Crippen LogP contribution in [0.4, 0.5) is 0 Å². The summed E-state index contributed by atoms with van der Waals surface area (Å²) in [5.74, 6) is 0.356. The fourth-order valence-corrected chi connectivity index (χ4v) is 1.51. The van der Waals surface area contributed by atoms with Crippen molar-refractivity contribution in [1.82, 2.24) is 5.32 Å². The van der Waals surface area contributed by atoms with E-state index in [0.717, 1.165) is 25.7 Å². The third-order valence-corrected chi connectivity index (χ3v) is 2.24. The van der Waals surface area contributed by atoms with E-state index in [1.54, 1.807) is 0 Å². The summed E-state index contributed by atoms with van der Waals surface area (Å²) < 4.78 is 0. The van der Waals surface area contributed by atoms with E-state index in [4.69, 9.17) is 5.73 Å². The minimum atomic E-state index is 0.0443. The van der Waals surface area contributed by atoms with Gasteiger partial charge in [-0.05, 0) is 19.8 Å². The fourth-order valence-electron chi connectivity index (χ4n) is 1.51. The molecule has 0 aromatic carbocycles. The monoisotopic (exact) mass is 200 g/mol. The quantitative estimate of drug-likeness (QED) is 0.657. The predicted molar refractivity (Wildman–Crippen MR) is 60.0 cm³/mol. The minimum absolute atomic E-state index is 0.0443. The highest BCUT2D eigenvalue weighted by molar-refractivity contribution is 5.78. The van der Waals surface area contributed by atoms with Crippen molar-refractivity contribution in [2.75, 3.05) is 6.54 Å². The van der Waals surface area contributed by atoms with Gasteiger partial charge < -0.3 is 11.1 Å². The predicted octanol–water partition coefficient (Wildman–Crippen LogP) is 1.67. The van der Waals surface area contributed by atoms with E-state index in [-0.39, 0.29) is 17.9 Å². The fraction of sp³-hybridized carbons (Fsp3) is 0.909. The van der Waals surface area contributed by atoms with Gasteiger partial charge in [0.1, 0.15) is 0 Å². The zero-order chi connectivity index (χ0) is 11.0. The highest BCUT2D eigenvalue weighted by atomic mass is 16.1. The second-order valence-electron chi connectivity index (χ2n) is 4.00. The minimum Gasteiger partial charge on any atom is -0.354 e. The topological polar surface area (TPSA) is 55.1 Å². The summed E-state index contributed by atoms with van der Waals surface area (Å²) >= 11 is 0. The molecule has 3 heteroatoms. The van der Waals surface area contributed by atoms with Crippen molar-refractivity contribution in [3.63, 3.8) is 0 Å². The Hall–Kier alpha value is -0.570. The first-order chi connectivity index (χ1) is 6.61. The normalized spacial score (nSPS) is 12.9. The van der Waals surface area contributed by atoms with Crippen LogP contribution in [0, 0.1) is 5.92 Å². The molecule has 0 aliphatic carbocycles. The zero-order valence-corrected chi connectivity index (χ0v) is 9.68. The maximum Gasteiger partial charge on any atom is 0.223 e. The van der Waals surface area contributed by atoms with Crippen molar-refractivity contribution in [2.45, 2.75) is 52.5 Å². The molecule has 14 heavy (non-hydrogen) atoms. The Balaban J connectivity index is 3.88. The zero-order valence-electron chi connectivity index (χ0n) is 9.68. The SMILES string of the molecule is CCCC(CCC)C(=O)NCC(C)N. The molecule has 84 valence electrons. The Morgan fingerprint density at radius 3 is 2.14 bits per heavy atom. The number of nitrogens with two attached hydrogens (primary N) is 1. The number of amides is 1. The molecule has 0 radical (unpaired) electrons. The summed E-state index contributed by atoms with van der Waals surface area (Å²) in [7, 11) is 0. The lowest BCUT2D eigenvalue weighted by molar-refractivity contribution is -0.125. The lowest BCUT2D eigenvalue weighted by Gasteiger charge is -2.16. The maximum absolute atomic E-state index is 11.7. The van der Waals surface area contributed by atoms with Gasteiger partial charge in [0.25, 0.3) is 0 Å². The van der Waals surface area contributed by atoms with Gasteiger partial charge in [0, 0.05) is 18.5 Å². The first-order valence-electron chi connectivity index (χ1n) is 5.65. The van der Waals surface area contributed by atoms with E-state index in [1.165, 1.54) is 0 Å². The molecule has 3 nitrogen and oxygen atoms in total. The lowest BCUT2D eigenvalue weighted by Crippen LogP contribution is -2.38. The van der Waals surface area contributed by atoms with E-state index < -0.39 is 0 Å². The molecule has 0 aliphatic rings. The van der Waals surface area contributed by atoms with Crippen molar-refractivity contribution >= 4 is 5.91 Å². The first kappa shape index (κ1) is 13.4. The third kappa shape index (κ3) is 5.97. The molecule has 1 unspecified atom stereocenters. The van der Waals surface area contributed by atoms with Gasteiger partial charge in [-0.3, -0.25) is 4.79 Å². The number of hydrogen-bond acceptors (Lipinski definition) is 2. The molecule has 0 saturated carbocycles. The molecule has 1 atom stereocenters. The number of nitrogens with one attached hydrogen (secondary N) is 1. The molecular weight excluding hydrogens is 176 g/mol. The molecule has 1 amide bonds. The van der Waals surface area contributed by atoms with Crippen LogP contribution in [0.2, 0.25) is 0 Å². The number of carbonyl (C=O) groups excluding carboxylic acids is 1. The van der Waals surface area contributed by atoms with Crippen LogP contribution in [0.25, 0.3) is 0 Å². The van der Waals surface area contributed by atoms with Crippen LogP contribution in [0.15, 0.2) is 0 Å². The van der Waals surface area contributed by atoms with Crippen LogP contribution < -0.4 is 11.1 Å². The molecular formula is C11H24N2O. The van der Waals surface area contributed by atoms with Gasteiger partial charge in [0.15, 0.2) is 0 Å². The van der Waals surface area contributed by atoms with Crippen molar-refractivity contribution in [3.05, 3.63) is 0 Å². The van der Waals surface area contributed by atoms with E-state index in [0.29, 0.717) is 6.54 Å². The Morgan fingerprint density at radius 2 is 1.79 bits per heavy atom. The van der Waals surface area contributed by atoms with Crippen LogP contribution in [0.5, 0.6) is 0 Å². The number of carbonyl (C=O) groups is 1. The van der Waals surface area contributed by atoms with Crippen LogP contribution in [0.3, 0.4) is 0 Å². The smallest absolute Gasteiger partial charge is 0.223 e. The average Bonchev–Trinajstić information content (AvgIpc) is 2.14. The van der Waals surface area contributed by atoms with Gasteiger partial charge in [0.2, 0.25) is 5.91 Å². The van der Waals surface area contributed by atoms with Crippen LogP contribution in [-0.2, 0) is 4.79 Å². The van der Waals surface area contributed by atoms with Gasteiger partial charge in [-0.1, -0.05) is 26.7 Å². The molecule has 0 saturated heterocycles. The highest BCUT2D eigenvalue weighted by Gasteiger charge is 2.15. The van der Waals surface area contributed by atoms with E-state index in [1.807, 2.05) is 6.92 Å². The molecule has 0 spiro atoms. The van der Waals surface area contributed by atoms with Crippen molar-refractivity contribution in [1.29, 1.82) is 0 Å². The molecule has 0 bridgehead atoms. The second kappa shape index (κ2) is 7.80. The van der Waals surface area contributed by atoms with E-state index in [9.17, 15) is 4.79 Å². The third-order valence-electron chi connectivity index (χ3n) is 2.24. The van der Waals surface area contributed by atoms with Gasteiger partial charge in [-0.2, -0.15) is 0 Å². The van der Waals surface area contributed by atoms with Crippen molar-refractivity contribution in [2.24, 2.45) is 11.7 Å². The van der Waals surface area contributed by atoms with Crippen LogP contribution >= 0.6 is 0 Å². The first-order valence-corrected chi connectivity index (χ1v) is 5.65. The largest absolute Gasteiger partial charge is 0.354 e. The Bertz CT molecular complexity index is 151. The van der Waals surface area contributed by atoms with Crippen LogP contribution in [0.1, 0.15) is 46.5 Å². The van der Waals surface area contributed by atoms with E-state index >= 15 is 0 Å². The van der Waals surface area contributed by atoms with Crippen molar-refractivity contribution in [3.8, 4) is 0 Å². The summed E-state index contributed by atoms with van der Waals surface area (Å²) in [4.78, 5) is 11.7. The van der Waals surface area contributed by atoms with E-state index in [2.05, 4.69) is 19.2 Å². The molecule has 0 aliphatic heterocycles. The molecule has 3 N–H and O–H groups in total. The van der Waals surface area contributed by atoms with Crippen molar-refractivity contribution < 1.29 is 4.79 Å². The summed E-state index contributed by atoms with van der Waals surface area (Å²) in [5.41, 5.74) is 5.57. The maximum atomic E-state index is 11.7. The molecule has 0 heterocycles. The summed E-state index contributed by atoms with van der Waals surface area (Å²) in [6, 6.07) is 0.0443. The molecule has 0 aromatic heterocycles. The highest BCUT2D eigenvalue weighted by Crippen LogP contribution is 2.13. The molecule has 0 rings (SSSR count). The van der Waals surface area contributed by atoms with Gasteiger partial charge >= 0.3 is 0 Å². The molecule has 0 aromatic rings. The van der Waals surface area contributed by atoms with Gasteiger partial charge in [-0.25, -0.2) is 0 Å². The second-order valence-corrected chi connectivity index (χ2v) is 4.00. The van der Waals surface area contributed by atoms with Crippen LogP contribution in [-0.4, -0.2) is 18.5 Å². The van der Waals surface area contributed by atoms with Gasteiger partial charge in [-0.15, -0.1) is 0 Å². The summed E-state index contributed by atoms with van der Waals surface area (Å²) in [6.07, 6.45) is 4.10. The molecule has 0 fully saturated rings. The Morgan fingerprint density at radius 1 is 1.29 bits per heavy atom. The average molecular weight is 200 g/mol. The Labute approximate surface area is 87.4 Å². The number of rotatable bonds is 7. The summed E-state index contributed by atoms with van der Waals surface area (Å²) in [5, 5.41) is 2.89. The Kier molecular flexibility index (Phi) is 7.48. The number of hydrogen-bond donors (Lipinski definition) is 2.